The second-order valence-corrected chi connectivity index (χ2v) is 7.14. The first kappa shape index (κ1) is 21.3. The molecule has 0 saturated carbocycles. The minimum atomic E-state index is -5.08. The highest BCUT2D eigenvalue weighted by Gasteiger charge is 2.38. The third-order valence-corrected chi connectivity index (χ3v) is 4.76. The molecule has 0 radical (unpaired) electrons. The Morgan fingerprint density at radius 3 is 2.70 bits per heavy atom. The lowest BCUT2D eigenvalue weighted by molar-refractivity contribution is -0.192. The second kappa shape index (κ2) is 9.29. The van der Waals surface area contributed by atoms with Crippen molar-refractivity contribution in [2.75, 3.05) is 27.2 Å². The number of hydrogen-bond acceptors (Lipinski definition) is 7. The van der Waals surface area contributed by atoms with E-state index in [0.29, 0.717) is 6.04 Å². The van der Waals surface area contributed by atoms with Gasteiger partial charge in [0, 0.05) is 25.6 Å². The molecule has 3 rings (SSSR count). The molecular weight excluding hydrogens is 385 g/mol. The molecule has 1 aliphatic heterocycles. The number of halogens is 3. The van der Waals surface area contributed by atoms with Gasteiger partial charge in [-0.15, -0.1) is 0 Å². The molecule has 27 heavy (non-hydrogen) atoms. The molecule has 0 amide bonds. The number of rotatable bonds is 5. The maximum atomic E-state index is 10.6. The summed E-state index contributed by atoms with van der Waals surface area (Å²) in [5, 5.41) is 15.4. The van der Waals surface area contributed by atoms with Crippen LogP contribution in [0.15, 0.2) is 21.3 Å². The number of carboxylic acids is 1. The van der Waals surface area contributed by atoms with Gasteiger partial charge in [-0.05, 0) is 42.9 Å². The van der Waals surface area contributed by atoms with Gasteiger partial charge in [-0.25, -0.2) is 4.79 Å². The molecule has 0 aliphatic carbocycles. The van der Waals surface area contributed by atoms with Crippen molar-refractivity contribution >= 4 is 17.3 Å². The summed E-state index contributed by atoms with van der Waals surface area (Å²) in [6.45, 7) is 2.95. The highest BCUT2D eigenvalue weighted by molar-refractivity contribution is 7.07. The molecule has 1 unspecified atom stereocenters. The standard InChI is InChI=1S/C14H20N4OS.C2HF3O2/c1-17(2)12-3-5-18(8-12)9-14-15-13(16-19-14)7-11-4-6-20-10-11;3-2(4,5)1(6)7/h4,6,10,12H,3,5,7-9H2,1-2H3;(H,6,7). The molecule has 1 atom stereocenters. The molecule has 11 heteroatoms. The molecule has 2 aromatic heterocycles. The molecule has 1 fully saturated rings. The Hall–Kier alpha value is -1.98. The molecule has 1 saturated heterocycles. The van der Waals surface area contributed by atoms with Gasteiger partial charge in [-0.2, -0.15) is 29.5 Å². The van der Waals surface area contributed by atoms with Crippen LogP contribution in [-0.2, 0) is 17.8 Å². The molecule has 0 spiro atoms. The van der Waals surface area contributed by atoms with Gasteiger partial charge >= 0.3 is 12.1 Å². The number of hydrogen-bond donors (Lipinski definition) is 1. The number of alkyl halides is 3. The quantitative estimate of drug-likeness (QED) is 0.817. The first-order valence-electron chi connectivity index (χ1n) is 8.16. The Morgan fingerprint density at radius 1 is 1.48 bits per heavy atom. The molecule has 3 heterocycles. The summed E-state index contributed by atoms with van der Waals surface area (Å²) in [6.07, 6.45) is -3.11. The highest BCUT2D eigenvalue weighted by Crippen LogP contribution is 2.16. The number of aromatic nitrogens is 2. The fourth-order valence-electron chi connectivity index (χ4n) is 2.57. The fraction of sp³-hybridized carbons (Fsp3) is 0.562. The van der Waals surface area contributed by atoms with Gasteiger partial charge in [0.15, 0.2) is 5.82 Å². The van der Waals surface area contributed by atoms with E-state index in [1.54, 1.807) is 11.3 Å². The Kier molecular flexibility index (Phi) is 7.33. The first-order valence-corrected chi connectivity index (χ1v) is 9.11. The molecule has 2 aromatic rings. The monoisotopic (exact) mass is 406 g/mol. The van der Waals surface area contributed by atoms with Gasteiger partial charge < -0.3 is 14.5 Å². The van der Waals surface area contributed by atoms with Crippen LogP contribution < -0.4 is 0 Å². The number of thiophene rings is 1. The minimum Gasteiger partial charge on any atom is -0.475 e. The average molecular weight is 406 g/mol. The van der Waals surface area contributed by atoms with Crippen molar-refractivity contribution in [3.63, 3.8) is 0 Å². The SMILES string of the molecule is CN(C)C1CCN(Cc2nc(Cc3ccsc3)no2)C1.O=C(O)C(F)(F)F. The lowest BCUT2D eigenvalue weighted by Crippen LogP contribution is -2.31. The van der Waals surface area contributed by atoms with Gasteiger partial charge in [0.1, 0.15) is 0 Å². The van der Waals surface area contributed by atoms with Crippen molar-refractivity contribution < 1.29 is 27.6 Å². The zero-order chi connectivity index (χ0) is 20.0. The van der Waals surface area contributed by atoms with Gasteiger partial charge in [0.25, 0.3) is 0 Å². The van der Waals surface area contributed by atoms with E-state index in [9.17, 15) is 13.2 Å². The number of aliphatic carboxylic acids is 1. The maximum absolute atomic E-state index is 10.6. The number of carboxylic acid groups (broad SMARTS) is 1. The first-order chi connectivity index (χ1) is 12.6. The van der Waals surface area contributed by atoms with Crippen LogP contribution in [0.25, 0.3) is 0 Å². The summed E-state index contributed by atoms with van der Waals surface area (Å²) in [6, 6.07) is 2.74. The Bertz CT molecular complexity index is 719. The van der Waals surface area contributed by atoms with Crippen LogP contribution in [0, 0.1) is 0 Å². The summed E-state index contributed by atoms with van der Waals surface area (Å²) < 4.78 is 37.1. The lowest BCUT2D eigenvalue weighted by atomic mass is 10.2. The molecule has 1 N–H and O–H groups in total. The van der Waals surface area contributed by atoms with E-state index in [1.807, 2.05) is 0 Å². The van der Waals surface area contributed by atoms with E-state index in [-0.39, 0.29) is 0 Å². The molecule has 0 aromatic carbocycles. The van der Waals surface area contributed by atoms with Gasteiger partial charge in [0.05, 0.1) is 6.54 Å². The van der Waals surface area contributed by atoms with Crippen molar-refractivity contribution in [2.24, 2.45) is 0 Å². The van der Waals surface area contributed by atoms with E-state index >= 15 is 0 Å². The van der Waals surface area contributed by atoms with E-state index in [2.05, 4.69) is 50.9 Å². The van der Waals surface area contributed by atoms with Crippen LogP contribution in [0.3, 0.4) is 0 Å². The Balaban J connectivity index is 0.000000321. The van der Waals surface area contributed by atoms with Gasteiger partial charge in [-0.3, -0.25) is 4.90 Å². The molecule has 150 valence electrons. The number of likely N-dealkylation sites (N-methyl/N-ethyl adjacent to an activating group) is 1. The summed E-state index contributed by atoms with van der Waals surface area (Å²) in [7, 11) is 4.28. The van der Waals surface area contributed by atoms with E-state index < -0.39 is 12.1 Å². The van der Waals surface area contributed by atoms with E-state index in [4.69, 9.17) is 14.4 Å². The number of nitrogens with zero attached hydrogens (tertiary/aromatic N) is 4. The van der Waals surface area contributed by atoms with Crippen LogP contribution in [0.5, 0.6) is 0 Å². The zero-order valence-corrected chi connectivity index (χ0v) is 15.8. The van der Waals surface area contributed by atoms with Crippen LogP contribution in [0.2, 0.25) is 0 Å². The molecule has 0 bridgehead atoms. The molecule has 7 nitrogen and oxygen atoms in total. The van der Waals surface area contributed by atoms with E-state index in [1.165, 1.54) is 12.0 Å². The summed E-state index contributed by atoms with van der Waals surface area (Å²) >= 11 is 1.70. The maximum Gasteiger partial charge on any atom is 0.490 e. The topological polar surface area (TPSA) is 82.7 Å². The summed E-state index contributed by atoms with van der Waals surface area (Å²) in [4.78, 5) is 18.1. The zero-order valence-electron chi connectivity index (χ0n) is 14.9. The van der Waals surface area contributed by atoms with Crippen LogP contribution >= 0.6 is 11.3 Å². The van der Waals surface area contributed by atoms with Crippen LogP contribution in [-0.4, -0.2) is 70.4 Å². The predicted octanol–water partition coefficient (Wildman–Crippen LogP) is 2.49. The minimum absolute atomic E-state index is 0.642. The number of likely N-dealkylation sites (tertiary alicyclic amines) is 1. The fourth-order valence-corrected chi connectivity index (χ4v) is 3.24. The Labute approximate surface area is 158 Å². The van der Waals surface area contributed by atoms with Crippen molar-refractivity contribution in [1.82, 2.24) is 19.9 Å². The molecule has 1 aliphatic rings. The number of carbonyl (C=O) groups is 1. The predicted molar refractivity (Wildman–Crippen MR) is 92.5 cm³/mol. The highest BCUT2D eigenvalue weighted by atomic mass is 32.1. The smallest absolute Gasteiger partial charge is 0.475 e. The third-order valence-electron chi connectivity index (χ3n) is 4.03. The van der Waals surface area contributed by atoms with Crippen molar-refractivity contribution in [2.45, 2.75) is 31.6 Å². The van der Waals surface area contributed by atoms with Gasteiger partial charge in [-0.1, -0.05) is 5.16 Å². The Morgan fingerprint density at radius 2 is 2.19 bits per heavy atom. The molecular formula is C16H21F3N4O3S. The average Bonchev–Trinajstić information content (AvgIpc) is 3.30. The van der Waals surface area contributed by atoms with Crippen molar-refractivity contribution in [3.05, 3.63) is 34.1 Å². The van der Waals surface area contributed by atoms with Crippen molar-refractivity contribution in [1.29, 1.82) is 0 Å². The lowest BCUT2D eigenvalue weighted by Gasteiger charge is -2.19. The van der Waals surface area contributed by atoms with Gasteiger partial charge in [0.2, 0.25) is 5.89 Å². The van der Waals surface area contributed by atoms with Crippen LogP contribution in [0.4, 0.5) is 13.2 Å². The van der Waals surface area contributed by atoms with E-state index in [0.717, 1.165) is 37.8 Å². The van der Waals surface area contributed by atoms with Crippen LogP contribution in [0.1, 0.15) is 23.7 Å². The van der Waals surface area contributed by atoms with Crippen molar-refractivity contribution in [3.8, 4) is 0 Å². The second-order valence-electron chi connectivity index (χ2n) is 6.36. The third kappa shape index (κ3) is 6.92. The summed E-state index contributed by atoms with van der Waals surface area (Å²) in [5.74, 6) is -1.25. The summed E-state index contributed by atoms with van der Waals surface area (Å²) in [5.41, 5.74) is 1.25. The normalized spacial score (nSPS) is 17.8. The largest absolute Gasteiger partial charge is 0.490 e.